The first-order valence-electron chi connectivity index (χ1n) is 5.75. The number of hydrogen-bond donors (Lipinski definition) is 0. The van der Waals surface area contributed by atoms with E-state index in [4.69, 9.17) is 11.6 Å². The maximum atomic E-state index is 12.0. The van der Waals surface area contributed by atoms with Crippen LogP contribution in [0.15, 0.2) is 10.9 Å². The van der Waals surface area contributed by atoms with E-state index in [1.807, 2.05) is 4.57 Å². The van der Waals surface area contributed by atoms with Gasteiger partial charge in [0, 0.05) is 6.42 Å². The molecule has 0 aliphatic heterocycles. The second kappa shape index (κ2) is 4.59. The summed E-state index contributed by atoms with van der Waals surface area (Å²) in [7, 11) is 0. The van der Waals surface area contributed by atoms with Gasteiger partial charge in [-0.2, -0.15) is 4.98 Å². The van der Waals surface area contributed by atoms with E-state index in [0.717, 1.165) is 19.3 Å². The zero-order valence-electron chi connectivity index (χ0n) is 9.44. The molecule has 0 N–H and O–H groups in total. The molecule has 1 aliphatic rings. The van der Waals surface area contributed by atoms with Crippen molar-refractivity contribution in [2.24, 2.45) is 0 Å². The summed E-state index contributed by atoms with van der Waals surface area (Å²) in [6, 6.07) is -0.165. The van der Waals surface area contributed by atoms with Crippen molar-refractivity contribution in [1.82, 2.24) is 19.5 Å². The van der Waals surface area contributed by atoms with Gasteiger partial charge in [-0.3, -0.25) is 4.79 Å². The predicted octanol–water partition coefficient (Wildman–Crippen LogP) is 2.93. The molecular weight excluding hydrogens is 320 g/mol. The van der Waals surface area contributed by atoms with Gasteiger partial charge in [-0.15, -0.1) is 0 Å². The molecule has 0 saturated heterocycles. The number of carbonyl (C=O) groups is 1. The predicted molar refractivity (Wildman–Crippen MR) is 70.5 cm³/mol. The smallest absolute Gasteiger partial charge is 0.225 e. The van der Waals surface area contributed by atoms with Crippen LogP contribution in [0.1, 0.15) is 31.7 Å². The summed E-state index contributed by atoms with van der Waals surface area (Å²) in [5.74, 6) is 0.242. The molecule has 1 aliphatic carbocycles. The standard InChI is InChI=1S/C11H10BrClN4O/c12-9-8-10(16-11(13)15-9)17(5-14-8)6-3-1-2-4-7(6)18/h5-6H,1-4H2. The summed E-state index contributed by atoms with van der Waals surface area (Å²) in [5.41, 5.74) is 1.25. The topological polar surface area (TPSA) is 60.7 Å². The summed E-state index contributed by atoms with van der Waals surface area (Å²) < 4.78 is 2.37. The number of halogens is 2. The van der Waals surface area contributed by atoms with Gasteiger partial charge in [-0.25, -0.2) is 9.97 Å². The van der Waals surface area contributed by atoms with Crippen molar-refractivity contribution < 1.29 is 4.79 Å². The molecule has 1 atom stereocenters. The molecule has 94 valence electrons. The van der Waals surface area contributed by atoms with Crippen LogP contribution in [-0.2, 0) is 4.79 Å². The van der Waals surface area contributed by atoms with Gasteiger partial charge in [0.05, 0.1) is 12.4 Å². The molecule has 0 bridgehead atoms. The first kappa shape index (κ1) is 12.0. The largest absolute Gasteiger partial charge is 0.304 e. The fourth-order valence-electron chi connectivity index (χ4n) is 2.34. The first-order valence-corrected chi connectivity index (χ1v) is 6.92. The molecule has 18 heavy (non-hydrogen) atoms. The first-order chi connectivity index (χ1) is 8.66. The summed E-state index contributed by atoms with van der Waals surface area (Å²) in [6.07, 6.45) is 5.14. The lowest BCUT2D eigenvalue weighted by Crippen LogP contribution is -2.22. The van der Waals surface area contributed by atoms with Gasteiger partial charge in [-0.05, 0) is 40.4 Å². The third-order valence-corrected chi connectivity index (χ3v) is 3.93. The average Bonchev–Trinajstić information content (AvgIpc) is 2.73. The van der Waals surface area contributed by atoms with Gasteiger partial charge in [-0.1, -0.05) is 6.42 Å². The van der Waals surface area contributed by atoms with Crippen LogP contribution < -0.4 is 0 Å². The SMILES string of the molecule is O=C1CCCCC1n1cnc2c(Br)nc(Cl)nc21. The Bertz CT molecular complexity index is 627. The highest BCUT2D eigenvalue weighted by Gasteiger charge is 2.26. The molecule has 1 unspecified atom stereocenters. The highest BCUT2D eigenvalue weighted by atomic mass is 79.9. The molecule has 5 nitrogen and oxygen atoms in total. The lowest BCUT2D eigenvalue weighted by Gasteiger charge is -2.21. The van der Waals surface area contributed by atoms with Crippen LogP contribution in [0, 0.1) is 0 Å². The van der Waals surface area contributed by atoms with Crippen molar-refractivity contribution in [3.63, 3.8) is 0 Å². The van der Waals surface area contributed by atoms with E-state index in [1.54, 1.807) is 6.33 Å². The van der Waals surface area contributed by atoms with Crippen LogP contribution in [0.3, 0.4) is 0 Å². The number of Topliss-reactive ketones (excluding diaryl/α,β-unsaturated/α-hetero) is 1. The molecule has 2 heterocycles. The normalized spacial score (nSPS) is 20.6. The summed E-state index contributed by atoms with van der Waals surface area (Å²) >= 11 is 9.15. The molecule has 0 amide bonds. The number of rotatable bonds is 1. The summed E-state index contributed by atoms with van der Waals surface area (Å²) in [6.45, 7) is 0. The molecule has 0 spiro atoms. The highest BCUT2D eigenvalue weighted by molar-refractivity contribution is 9.10. The number of carbonyl (C=O) groups excluding carboxylic acids is 1. The number of fused-ring (bicyclic) bond motifs is 1. The Labute approximate surface area is 117 Å². The minimum Gasteiger partial charge on any atom is -0.304 e. The molecule has 0 aromatic carbocycles. The highest BCUT2D eigenvalue weighted by Crippen LogP contribution is 2.29. The van der Waals surface area contributed by atoms with E-state index < -0.39 is 0 Å². The third-order valence-electron chi connectivity index (χ3n) is 3.21. The quantitative estimate of drug-likeness (QED) is 0.596. The monoisotopic (exact) mass is 328 g/mol. The molecule has 1 fully saturated rings. The Morgan fingerprint density at radius 2 is 2.22 bits per heavy atom. The van der Waals surface area contributed by atoms with Crippen molar-refractivity contribution in [3.8, 4) is 0 Å². The zero-order valence-corrected chi connectivity index (χ0v) is 11.8. The van der Waals surface area contributed by atoms with Gasteiger partial charge in [0.1, 0.15) is 10.1 Å². The van der Waals surface area contributed by atoms with Crippen LogP contribution in [0.4, 0.5) is 0 Å². The van der Waals surface area contributed by atoms with Gasteiger partial charge in [0.15, 0.2) is 11.4 Å². The Balaban J connectivity index is 2.14. The molecule has 1 saturated carbocycles. The van der Waals surface area contributed by atoms with Gasteiger partial charge >= 0.3 is 0 Å². The van der Waals surface area contributed by atoms with Gasteiger partial charge in [0.2, 0.25) is 5.28 Å². The fraction of sp³-hybridized carbons (Fsp3) is 0.455. The number of imidazole rings is 1. The van der Waals surface area contributed by atoms with Crippen molar-refractivity contribution >= 4 is 44.5 Å². The van der Waals surface area contributed by atoms with Crippen molar-refractivity contribution in [2.45, 2.75) is 31.7 Å². The van der Waals surface area contributed by atoms with Crippen LogP contribution in [0.5, 0.6) is 0 Å². The zero-order chi connectivity index (χ0) is 12.7. The minimum atomic E-state index is -0.165. The average molecular weight is 330 g/mol. The molecule has 2 aromatic heterocycles. The van der Waals surface area contributed by atoms with Gasteiger partial charge < -0.3 is 4.57 Å². The maximum absolute atomic E-state index is 12.0. The Morgan fingerprint density at radius 3 is 3.00 bits per heavy atom. The second-order valence-corrected chi connectivity index (χ2v) is 5.42. The summed E-state index contributed by atoms with van der Waals surface area (Å²) in [4.78, 5) is 24.4. The van der Waals surface area contributed by atoms with Crippen LogP contribution in [0.2, 0.25) is 5.28 Å². The molecule has 3 rings (SSSR count). The van der Waals surface area contributed by atoms with E-state index in [1.165, 1.54) is 0 Å². The number of hydrogen-bond acceptors (Lipinski definition) is 4. The number of aromatic nitrogens is 4. The third kappa shape index (κ3) is 1.93. The Morgan fingerprint density at radius 1 is 1.39 bits per heavy atom. The maximum Gasteiger partial charge on any atom is 0.225 e. The second-order valence-electron chi connectivity index (χ2n) is 4.34. The van der Waals surface area contributed by atoms with E-state index in [-0.39, 0.29) is 17.1 Å². The van der Waals surface area contributed by atoms with Crippen molar-refractivity contribution in [3.05, 3.63) is 16.2 Å². The van der Waals surface area contributed by atoms with Crippen molar-refractivity contribution in [1.29, 1.82) is 0 Å². The van der Waals surface area contributed by atoms with Gasteiger partial charge in [0.25, 0.3) is 0 Å². The van der Waals surface area contributed by atoms with E-state index in [9.17, 15) is 4.79 Å². The van der Waals surface area contributed by atoms with E-state index >= 15 is 0 Å². The minimum absolute atomic E-state index is 0.152. The van der Waals surface area contributed by atoms with Crippen LogP contribution in [0.25, 0.3) is 11.2 Å². The van der Waals surface area contributed by atoms with Crippen LogP contribution >= 0.6 is 27.5 Å². The Hall–Kier alpha value is -1.01. The van der Waals surface area contributed by atoms with E-state index in [2.05, 4.69) is 30.9 Å². The number of ketones is 1. The van der Waals surface area contributed by atoms with Crippen LogP contribution in [-0.4, -0.2) is 25.3 Å². The molecule has 7 heteroatoms. The Kier molecular flexibility index (Phi) is 3.07. The lowest BCUT2D eigenvalue weighted by atomic mass is 9.94. The van der Waals surface area contributed by atoms with E-state index in [0.29, 0.717) is 22.2 Å². The molecule has 2 aromatic rings. The van der Waals surface area contributed by atoms with Crippen molar-refractivity contribution in [2.75, 3.05) is 0 Å². The lowest BCUT2D eigenvalue weighted by molar-refractivity contribution is -0.123. The number of nitrogens with zero attached hydrogens (tertiary/aromatic N) is 4. The fourth-order valence-corrected chi connectivity index (χ4v) is 3.06. The molecular formula is C11H10BrClN4O. The summed E-state index contributed by atoms with van der Waals surface area (Å²) in [5, 5.41) is 0.152. The molecule has 0 radical (unpaired) electrons.